The second kappa shape index (κ2) is 9.53. The van der Waals surface area contributed by atoms with E-state index in [1.54, 1.807) is 31.2 Å². The molecule has 0 spiro atoms. The summed E-state index contributed by atoms with van der Waals surface area (Å²) in [6.07, 6.45) is 0. The summed E-state index contributed by atoms with van der Waals surface area (Å²) in [4.78, 5) is 17.2. The topological polar surface area (TPSA) is 70.7 Å². The summed E-state index contributed by atoms with van der Waals surface area (Å²) in [7, 11) is 0. The number of aromatic nitrogens is 3. The number of hydrogen-bond donors (Lipinski definition) is 2. The third-order valence-corrected chi connectivity index (χ3v) is 5.97. The van der Waals surface area contributed by atoms with Crippen molar-refractivity contribution in [2.24, 2.45) is 0 Å². The Morgan fingerprint density at radius 2 is 1.86 bits per heavy atom. The highest BCUT2D eigenvalue weighted by Crippen LogP contribution is 2.29. The summed E-state index contributed by atoms with van der Waals surface area (Å²) in [5.41, 5.74) is 1.42. The maximum Gasteiger partial charge on any atom is 0.288 e. The maximum absolute atomic E-state index is 12.4. The second-order valence-electron chi connectivity index (χ2n) is 5.60. The number of thioether (sulfide) groups is 2. The molecule has 0 saturated heterocycles. The first kappa shape index (κ1) is 20.8. The SMILES string of the molecule is CC(Sc1n[nH]c(-c2ccccc2Br)n1)C(=O)Nc1ccc(SC(F)F)cc1. The molecular formula is C18H15BrF2N4OS2. The van der Waals surface area contributed by atoms with E-state index in [9.17, 15) is 13.6 Å². The summed E-state index contributed by atoms with van der Waals surface area (Å²) in [5, 5.41) is 9.80. The smallest absolute Gasteiger partial charge is 0.288 e. The molecule has 28 heavy (non-hydrogen) atoms. The minimum Gasteiger partial charge on any atom is -0.325 e. The van der Waals surface area contributed by atoms with E-state index in [0.29, 0.717) is 33.3 Å². The number of halogens is 3. The van der Waals surface area contributed by atoms with Gasteiger partial charge in [0.25, 0.3) is 5.76 Å². The Hall–Kier alpha value is -1.91. The molecule has 3 aromatic rings. The zero-order chi connectivity index (χ0) is 20.1. The van der Waals surface area contributed by atoms with Gasteiger partial charge in [-0.2, -0.15) is 8.78 Å². The number of rotatable bonds is 7. The van der Waals surface area contributed by atoms with Crippen LogP contribution in [0.15, 0.2) is 63.1 Å². The molecule has 1 unspecified atom stereocenters. The number of carbonyl (C=O) groups excluding carboxylic acids is 1. The number of alkyl halides is 2. The van der Waals surface area contributed by atoms with Crippen molar-refractivity contribution in [1.29, 1.82) is 0 Å². The third-order valence-electron chi connectivity index (χ3n) is 3.59. The van der Waals surface area contributed by atoms with Gasteiger partial charge in [0.15, 0.2) is 5.82 Å². The van der Waals surface area contributed by atoms with Crippen LogP contribution in [0.25, 0.3) is 11.4 Å². The van der Waals surface area contributed by atoms with Crippen molar-refractivity contribution in [3.63, 3.8) is 0 Å². The highest BCUT2D eigenvalue weighted by atomic mass is 79.9. The Kier molecular flexibility index (Phi) is 7.08. The molecule has 0 aliphatic heterocycles. The van der Waals surface area contributed by atoms with Gasteiger partial charge < -0.3 is 5.32 Å². The fourth-order valence-corrected chi connectivity index (χ4v) is 3.94. The van der Waals surface area contributed by atoms with Gasteiger partial charge in [-0.25, -0.2) is 4.98 Å². The molecule has 0 saturated carbocycles. The molecule has 3 rings (SSSR count). The van der Waals surface area contributed by atoms with E-state index in [2.05, 4.69) is 36.4 Å². The molecule has 1 aromatic heterocycles. The van der Waals surface area contributed by atoms with E-state index in [4.69, 9.17) is 0 Å². The van der Waals surface area contributed by atoms with Crippen LogP contribution in [0.2, 0.25) is 0 Å². The van der Waals surface area contributed by atoms with E-state index >= 15 is 0 Å². The van der Waals surface area contributed by atoms with Crippen LogP contribution >= 0.6 is 39.5 Å². The zero-order valence-electron chi connectivity index (χ0n) is 14.5. The fraction of sp³-hybridized carbons (Fsp3) is 0.167. The zero-order valence-corrected chi connectivity index (χ0v) is 17.7. The quantitative estimate of drug-likeness (QED) is 0.422. The largest absolute Gasteiger partial charge is 0.325 e. The summed E-state index contributed by atoms with van der Waals surface area (Å²) in [5.74, 6) is -2.10. The molecule has 1 heterocycles. The molecule has 0 bridgehead atoms. The molecule has 146 valence electrons. The predicted molar refractivity (Wildman–Crippen MR) is 112 cm³/mol. The lowest BCUT2D eigenvalue weighted by molar-refractivity contribution is -0.115. The third kappa shape index (κ3) is 5.55. The van der Waals surface area contributed by atoms with E-state index in [1.165, 1.54) is 11.8 Å². The molecule has 0 radical (unpaired) electrons. The van der Waals surface area contributed by atoms with E-state index in [-0.39, 0.29) is 5.91 Å². The Labute approximate surface area is 177 Å². The van der Waals surface area contributed by atoms with Crippen molar-refractivity contribution in [2.75, 3.05) is 5.32 Å². The molecule has 0 aliphatic rings. The van der Waals surface area contributed by atoms with Crippen molar-refractivity contribution in [1.82, 2.24) is 15.2 Å². The Bertz CT molecular complexity index is 953. The van der Waals surface area contributed by atoms with Gasteiger partial charge >= 0.3 is 0 Å². The average molecular weight is 485 g/mol. The number of aromatic amines is 1. The molecule has 2 N–H and O–H groups in total. The van der Waals surface area contributed by atoms with Gasteiger partial charge in [-0.05, 0) is 37.3 Å². The average Bonchev–Trinajstić information content (AvgIpc) is 3.11. The second-order valence-corrected chi connectivity index (χ2v) is 8.82. The lowest BCUT2D eigenvalue weighted by atomic mass is 10.2. The lowest BCUT2D eigenvalue weighted by Crippen LogP contribution is -2.22. The minimum atomic E-state index is -2.47. The molecule has 10 heteroatoms. The van der Waals surface area contributed by atoms with Crippen molar-refractivity contribution >= 4 is 51.0 Å². The van der Waals surface area contributed by atoms with Gasteiger partial charge in [-0.1, -0.05) is 57.7 Å². The van der Waals surface area contributed by atoms with Crippen LogP contribution in [0.1, 0.15) is 6.92 Å². The maximum atomic E-state index is 12.4. The summed E-state index contributed by atoms with van der Waals surface area (Å²) in [6, 6.07) is 13.9. The van der Waals surface area contributed by atoms with Gasteiger partial charge in [0.2, 0.25) is 11.1 Å². The van der Waals surface area contributed by atoms with E-state index < -0.39 is 11.0 Å². The van der Waals surface area contributed by atoms with Crippen LogP contribution in [-0.4, -0.2) is 32.1 Å². The molecular weight excluding hydrogens is 470 g/mol. The van der Waals surface area contributed by atoms with Crippen LogP contribution in [-0.2, 0) is 4.79 Å². The monoisotopic (exact) mass is 484 g/mol. The van der Waals surface area contributed by atoms with Gasteiger partial charge in [-0.3, -0.25) is 9.89 Å². The number of H-pyrrole nitrogens is 1. The van der Waals surface area contributed by atoms with Gasteiger partial charge in [0.05, 0.1) is 5.25 Å². The number of nitrogens with one attached hydrogen (secondary N) is 2. The van der Waals surface area contributed by atoms with Crippen LogP contribution in [0.3, 0.4) is 0 Å². The Morgan fingerprint density at radius 3 is 2.54 bits per heavy atom. The lowest BCUT2D eigenvalue weighted by Gasteiger charge is -2.10. The van der Waals surface area contributed by atoms with Gasteiger partial charge in [0, 0.05) is 20.6 Å². The van der Waals surface area contributed by atoms with Crippen LogP contribution in [0.4, 0.5) is 14.5 Å². The highest BCUT2D eigenvalue weighted by Gasteiger charge is 2.18. The molecule has 2 aromatic carbocycles. The molecule has 1 amide bonds. The number of benzene rings is 2. The number of carbonyl (C=O) groups is 1. The van der Waals surface area contributed by atoms with E-state index in [1.807, 2.05) is 24.3 Å². The molecule has 0 aliphatic carbocycles. The highest BCUT2D eigenvalue weighted by molar-refractivity contribution is 9.10. The first-order valence-electron chi connectivity index (χ1n) is 8.12. The standard InChI is InChI=1S/C18H15BrF2N4OS2/c1-10(16(26)22-11-6-8-12(9-7-11)28-17(20)21)27-18-23-15(24-25-18)13-4-2-3-5-14(13)19/h2-10,17H,1H3,(H,22,26)(H,23,24,25). The van der Waals surface area contributed by atoms with Gasteiger partial charge in [0.1, 0.15) is 0 Å². The summed E-state index contributed by atoms with van der Waals surface area (Å²) < 4.78 is 25.6. The summed E-state index contributed by atoms with van der Waals surface area (Å²) >= 11 is 5.15. The molecule has 1 atom stereocenters. The van der Waals surface area contributed by atoms with Crippen molar-refractivity contribution in [3.8, 4) is 11.4 Å². The van der Waals surface area contributed by atoms with E-state index in [0.717, 1.165) is 10.0 Å². The Balaban J connectivity index is 1.59. The number of hydrogen-bond acceptors (Lipinski definition) is 5. The van der Waals surface area contributed by atoms with Crippen molar-refractivity contribution < 1.29 is 13.6 Å². The number of anilines is 1. The van der Waals surface area contributed by atoms with Crippen molar-refractivity contribution in [3.05, 3.63) is 53.0 Å². The predicted octanol–water partition coefficient (Wildman–Crippen LogP) is 5.67. The minimum absolute atomic E-state index is 0.230. The summed E-state index contributed by atoms with van der Waals surface area (Å²) in [6.45, 7) is 1.75. The van der Waals surface area contributed by atoms with Gasteiger partial charge in [-0.15, -0.1) is 5.10 Å². The number of nitrogens with zero attached hydrogens (tertiary/aromatic N) is 2. The van der Waals surface area contributed by atoms with Crippen LogP contribution in [0, 0.1) is 0 Å². The fourth-order valence-electron chi connectivity index (χ4n) is 2.25. The first-order chi connectivity index (χ1) is 13.4. The Morgan fingerprint density at radius 1 is 1.14 bits per heavy atom. The van der Waals surface area contributed by atoms with Crippen LogP contribution in [0.5, 0.6) is 0 Å². The number of amides is 1. The normalized spacial score (nSPS) is 12.2. The molecule has 0 fully saturated rings. The van der Waals surface area contributed by atoms with Crippen LogP contribution < -0.4 is 5.32 Å². The first-order valence-corrected chi connectivity index (χ1v) is 10.7. The molecule has 5 nitrogen and oxygen atoms in total. The van der Waals surface area contributed by atoms with Crippen molar-refractivity contribution in [2.45, 2.75) is 28.0 Å².